The van der Waals surface area contributed by atoms with Crippen LogP contribution in [0.15, 0.2) is 6.20 Å². The summed E-state index contributed by atoms with van der Waals surface area (Å²) in [6.07, 6.45) is 1.53. The van der Waals surface area contributed by atoms with Gasteiger partial charge in [0, 0.05) is 26.6 Å². The van der Waals surface area contributed by atoms with Crippen molar-refractivity contribution in [2.75, 3.05) is 19.6 Å². The fourth-order valence-corrected chi connectivity index (χ4v) is 1.15. The van der Waals surface area contributed by atoms with Crippen LogP contribution in [0.3, 0.4) is 0 Å². The van der Waals surface area contributed by atoms with Crippen molar-refractivity contribution in [2.24, 2.45) is 5.73 Å². The fraction of sp³-hybridized carbons (Fsp3) is 0.556. The predicted molar refractivity (Wildman–Crippen MR) is 60.1 cm³/mol. The number of amides is 2. The molecule has 1 aromatic rings. The van der Waals surface area contributed by atoms with Crippen molar-refractivity contribution < 1.29 is 9.59 Å². The lowest BCUT2D eigenvalue weighted by atomic mass is 10.4. The van der Waals surface area contributed by atoms with Crippen LogP contribution in [-0.4, -0.2) is 46.4 Å². The van der Waals surface area contributed by atoms with Crippen LogP contribution >= 0.6 is 0 Å². The molecule has 0 aromatic carbocycles. The Morgan fingerprint density at radius 3 is 2.76 bits per heavy atom. The predicted octanol–water partition coefficient (Wildman–Crippen LogP) is -1.90. The van der Waals surface area contributed by atoms with Gasteiger partial charge in [-0.15, -0.1) is 5.10 Å². The van der Waals surface area contributed by atoms with Crippen molar-refractivity contribution in [2.45, 2.75) is 13.5 Å². The van der Waals surface area contributed by atoms with Crippen LogP contribution < -0.4 is 16.4 Å². The van der Waals surface area contributed by atoms with E-state index in [1.165, 1.54) is 17.8 Å². The minimum atomic E-state index is -0.321. The van der Waals surface area contributed by atoms with Gasteiger partial charge in [0.1, 0.15) is 0 Å². The average Bonchev–Trinajstić information content (AvgIpc) is 2.73. The maximum atomic E-state index is 11.5. The van der Waals surface area contributed by atoms with Gasteiger partial charge >= 0.3 is 0 Å². The first kappa shape index (κ1) is 13.1. The number of aromatic nitrogens is 3. The van der Waals surface area contributed by atoms with Crippen LogP contribution in [0.4, 0.5) is 0 Å². The summed E-state index contributed by atoms with van der Waals surface area (Å²) in [5, 5.41) is 12.6. The largest absolute Gasteiger partial charge is 0.355 e. The lowest BCUT2D eigenvalue weighted by molar-refractivity contribution is -0.118. The highest BCUT2D eigenvalue weighted by Gasteiger charge is 2.09. The molecule has 94 valence electrons. The molecule has 2 amide bonds. The first-order chi connectivity index (χ1) is 8.13. The molecule has 0 atom stereocenters. The summed E-state index contributed by atoms with van der Waals surface area (Å²) < 4.78 is 1.50. The van der Waals surface area contributed by atoms with Gasteiger partial charge in [-0.2, -0.15) is 0 Å². The monoisotopic (exact) mass is 240 g/mol. The molecule has 0 unspecified atom stereocenters. The van der Waals surface area contributed by atoms with E-state index < -0.39 is 0 Å². The van der Waals surface area contributed by atoms with Gasteiger partial charge in [0.2, 0.25) is 5.91 Å². The zero-order valence-electron chi connectivity index (χ0n) is 9.64. The third-order valence-corrected chi connectivity index (χ3v) is 1.91. The number of nitrogens with two attached hydrogens (primary N) is 1. The third-order valence-electron chi connectivity index (χ3n) is 1.91. The van der Waals surface area contributed by atoms with E-state index in [2.05, 4.69) is 20.9 Å². The molecule has 0 bridgehead atoms. The second-order valence-corrected chi connectivity index (χ2v) is 3.39. The maximum Gasteiger partial charge on any atom is 0.273 e. The SMILES string of the molecule is CC(=O)NCCNC(=O)c1cn(CCN)nn1. The van der Waals surface area contributed by atoms with E-state index >= 15 is 0 Å². The molecule has 0 aliphatic rings. The lowest BCUT2D eigenvalue weighted by Gasteiger charge is -2.02. The van der Waals surface area contributed by atoms with Crippen molar-refractivity contribution in [1.29, 1.82) is 0 Å². The number of hydrogen-bond acceptors (Lipinski definition) is 5. The molecule has 1 heterocycles. The number of carbonyl (C=O) groups excluding carboxylic acids is 2. The lowest BCUT2D eigenvalue weighted by Crippen LogP contribution is -2.33. The molecule has 0 fully saturated rings. The van der Waals surface area contributed by atoms with E-state index in [4.69, 9.17) is 5.73 Å². The smallest absolute Gasteiger partial charge is 0.273 e. The zero-order chi connectivity index (χ0) is 12.7. The summed E-state index contributed by atoms with van der Waals surface area (Å²) in [4.78, 5) is 22.1. The van der Waals surface area contributed by atoms with E-state index in [0.29, 0.717) is 26.2 Å². The Bertz CT molecular complexity index is 389. The van der Waals surface area contributed by atoms with Gasteiger partial charge in [0.15, 0.2) is 5.69 Å². The number of rotatable bonds is 6. The molecular formula is C9H16N6O2. The average molecular weight is 240 g/mol. The first-order valence-electron chi connectivity index (χ1n) is 5.26. The normalized spacial score (nSPS) is 10.0. The summed E-state index contributed by atoms with van der Waals surface area (Å²) in [6, 6.07) is 0. The molecule has 8 nitrogen and oxygen atoms in total. The third kappa shape index (κ3) is 4.60. The minimum Gasteiger partial charge on any atom is -0.355 e. The van der Waals surface area contributed by atoms with Gasteiger partial charge in [-0.25, -0.2) is 0 Å². The number of nitrogens with one attached hydrogen (secondary N) is 2. The van der Waals surface area contributed by atoms with Gasteiger partial charge in [0.05, 0.1) is 12.7 Å². The van der Waals surface area contributed by atoms with Crippen LogP contribution in [0.2, 0.25) is 0 Å². The fourth-order valence-electron chi connectivity index (χ4n) is 1.15. The molecule has 0 aliphatic carbocycles. The van der Waals surface area contributed by atoms with E-state index in [1.807, 2.05) is 0 Å². The van der Waals surface area contributed by atoms with Crippen LogP contribution in [0.1, 0.15) is 17.4 Å². The highest BCUT2D eigenvalue weighted by Crippen LogP contribution is 1.91. The van der Waals surface area contributed by atoms with Crippen molar-refractivity contribution in [3.8, 4) is 0 Å². The number of hydrogen-bond donors (Lipinski definition) is 3. The Morgan fingerprint density at radius 1 is 1.41 bits per heavy atom. The Labute approximate surface area is 98.5 Å². The van der Waals surface area contributed by atoms with Crippen molar-refractivity contribution >= 4 is 11.8 Å². The summed E-state index contributed by atoms with van der Waals surface area (Å²) >= 11 is 0. The molecule has 0 saturated carbocycles. The van der Waals surface area contributed by atoms with Gasteiger partial charge in [-0.1, -0.05) is 5.21 Å². The summed E-state index contributed by atoms with van der Waals surface area (Å²) in [5.74, 6) is -0.452. The van der Waals surface area contributed by atoms with Crippen LogP contribution in [0.25, 0.3) is 0 Å². The quantitative estimate of drug-likeness (QED) is 0.502. The Morgan fingerprint density at radius 2 is 2.12 bits per heavy atom. The van der Waals surface area contributed by atoms with Gasteiger partial charge in [0.25, 0.3) is 5.91 Å². The van der Waals surface area contributed by atoms with E-state index in [-0.39, 0.29) is 17.5 Å². The second kappa shape index (κ2) is 6.59. The van der Waals surface area contributed by atoms with Crippen molar-refractivity contribution in [3.05, 3.63) is 11.9 Å². The van der Waals surface area contributed by atoms with Crippen LogP contribution in [-0.2, 0) is 11.3 Å². The summed E-state index contributed by atoms with van der Waals surface area (Å²) in [5.41, 5.74) is 5.58. The summed E-state index contributed by atoms with van der Waals surface area (Å²) in [7, 11) is 0. The minimum absolute atomic E-state index is 0.131. The molecule has 0 radical (unpaired) electrons. The van der Waals surface area contributed by atoms with Gasteiger partial charge in [-0.3, -0.25) is 14.3 Å². The van der Waals surface area contributed by atoms with Crippen LogP contribution in [0.5, 0.6) is 0 Å². The Balaban J connectivity index is 2.33. The number of carbonyl (C=O) groups is 2. The standard InChI is InChI=1S/C9H16N6O2/c1-7(16)11-3-4-12-9(17)8-6-15(5-2-10)14-13-8/h6H,2-5,10H2,1H3,(H,11,16)(H,12,17). The van der Waals surface area contributed by atoms with Crippen LogP contribution in [0, 0.1) is 0 Å². The highest BCUT2D eigenvalue weighted by atomic mass is 16.2. The molecule has 0 saturated heterocycles. The zero-order valence-corrected chi connectivity index (χ0v) is 9.64. The molecule has 1 rings (SSSR count). The topological polar surface area (TPSA) is 115 Å². The molecule has 0 aliphatic heterocycles. The van der Waals surface area contributed by atoms with Gasteiger partial charge in [-0.05, 0) is 0 Å². The summed E-state index contributed by atoms with van der Waals surface area (Å²) in [6.45, 7) is 3.11. The van der Waals surface area contributed by atoms with E-state index in [1.54, 1.807) is 0 Å². The molecule has 1 aromatic heterocycles. The van der Waals surface area contributed by atoms with Crippen molar-refractivity contribution in [1.82, 2.24) is 25.6 Å². The first-order valence-corrected chi connectivity index (χ1v) is 5.26. The highest BCUT2D eigenvalue weighted by molar-refractivity contribution is 5.91. The van der Waals surface area contributed by atoms with E-state index in [9.17, 15) is 9.59 Å². The second-order valence-electron chi connectivity index (χ2n) is 3.39. The van der Waals surface area contributed by atoms with Crippen molar-refractivity contribution in [3.63, 3.8) is 0 Å². The maximum absolute atomic E-state index is 11.5. The molecule has 0 spiro atoms. The Hall–Kier alpha value is -1.96. The molecular weight excluding hydrogens is 224 g/mol. The molecule has 4 N–H and O–H groups in total. The van der Waals surface area contributed by atoms with Gasteiger partial charge < -0.3 is 16.4 Å². The molecule has 8 heteroatoms. The molecule has 17 heavy (non-hydrogen) atoms. The Kier molecular flexibility index (Phi) is 5.08. The number of nitrogens with zero attached hydrogens (tertiary/aromatic N) is 3. The van der Waals surface area contributed by atoms with E-state index in [0.717, 1.165) is 0 Å².